The van der Waals surface area contributed by atoms with E-state index < -0.39 is 0 Å². The van der Waals surface area contributed by atoms with Crippen LogP contribution in [0, 0.1) is 4.77 Å². The second kappa shape index (κ2) is 5.50. The zero-order chi connectivity index (χ0) is 13.1. The zero-order valence-corrected chi connectivity index (χ0v) is 11.5. The third-order valence-electron chi connectivity index (χ3n) is 2.81. The fourth-order valence-electron chi connectivity index (χ4n) is 1.88. The molecule has 94 valence electrons. The number of H-pyrrole nitrogens is 2. The number of rotatable bonds is 3. The van der Waals surface area contributed by atoms with E-state index in [0.29, 0.717) is 21.8 Å². The summed E-state index contributed by atoms with van der Waals surface area (Å²) in [7, 11) is 0. The van der Waals surface area contributed by atoms with Gasteiger partial charge in [-0.2, -0.15) is 0 Å². The molecular weight excluding hydrogens is 268 g/mol. The molecule has 1 heterocycles. The summed E-state index contributed by atoms with van der Waals surface area (Å²) in [6.07, 6.45) is 1.23. The number of aromatic amines is 2. The standard InChI is InChI=1S/C13H13ClN2OS/c1-2-11-9(12(17)16-13(18)15-11)7-8-5-3-4-6-10(8)14/h3-6H,2,7H2,1H3,(H2,15,16,17,18). The average molecular weight is 281 g/mol. The number of aromatic nitrogens is 2. The second-order valence-corrected chi connectivity index (χ2v) is 4.80. The molecule has 18 heavy (non-hydrogen) atoms. The van der Waals surface area contributed by atoms with E-state index in [-0.39, 0.29) is 5.56 Å². The van der Waals surface area contributed by atoms with E-state index >= 15 is 0 Å². The highest BCUT2D eigenvalue weighted by molar-refractivity contribution is 7.71. The van der Waals surface area contributed by atoms with Crippen LogP contribution in [0.3, 0.4) is 0 Å². The summed E-state index contributed by atoms with van der Waals surface area (Å²) in [5, 5.41) is 0.668. The number of hydrogen-bond acceptors (Lipinski definition) is 2. The molecule has 0 radical (unpaired) electrons. The van der Waals surface area contributed by atoms with E-state index in [4.69, 9.17) is 23.8 Å². The molecule has 0 unspecified atom stereocenters. The van der Waals surface area contributed by atoms with Crippen molar-refractivity contribution in [2.75, 3.05) is 0 Å². The Morgan fingerprint density at radius 1 is 1.28 bits per heavy atom. The Hall–Kier alpha value is -1.39. The predicted molar refractivity (Wildman–Crippen MR) is 75.9 cm³/mol. The summed E-state index contributed by atoms with van der Waals surface area (Å²) in [6, 6.07) is 7.52. The summed E-state index contributed by atoms with van der Waals surface area (Å²) in [4.78, 5) is 17.6. The second-order valence-electron chi connectivity index (χ2n) is 3.99. The largest absolute Gasteiger partial charge is 0.336 e. The summed E-state index contributed by atoms with van der Waals surface area (Å²) >= 11 is 11.1. The highest BCUT2D eigenvalue weighted by Gasteiger charge is 2.09. The van der Waals surface area contributed by atoms with Gasteiger partial charge in [0.05, 0.1) is 0 Å². The molecule has 0 amide bonds. The van der Waals surface area contributed by atoms with Gasteiger partial charge in [0.1, 0.15) is 0 Å². The van der Waals surface area contributed by atoms with Crippen molar-refractivity contribution in [2.45, 2.75) is 19.8 Å². The molecule has 0 bridgehead atoms. The molecular formula is C13H13ClN2OS. The van der Waals surface area contributed by atoms with Gasteiger partial charge < -0.3 is 4.98 Å². The Morgan fingerprint density at radius 2 is 2.00 bits per heavy atom. The lowest BCUT2D eigenvalue weighted by molar-refractivity contribution is 0.907. The molecule has 0 aliphatic heterocycles. The number of aryl methyl sites for hydroxylation is 1. The minimum absolute atomic E-state index is 0.143. The smallest absolute Gasteiger partial charge is 0.255 e. The predicted octanol–water partition coefficient (Wildman–Crippen LogP) is 3.24. The summed E-state index contributed by atoms with van der Waals surface area (Å²) in [6.45, 7) is 1.98. The van der Waals surface area contributed by atoms with Crippen LogP contribution in [0.1, 0.15) is 23.7 Å². The van der Waals surface area contributed by atoms with Gasteiger partial charge in [0.25, 0.3) is 5.56 Å². The van der Waals surface area contributed by atoms with Crippen LogP contribution in [0.25, 0.3) is 0 Å². The monoisotopic (exact) mass is 280 g/mol. The third kappa shape index (κ3) is 2.71. The van der Waals surface area contributed by atoms with Gasteiger partial charge in [0.2, 0.25) is 0 Å². The van der Waals surface area contributed by atoms with Crippen LogP contribution in [0.2, 0.25) is 5.02 Å². The minimum Gasteiger partial charge on any atom is -0.336 e. The highest BCUT2D eigenvalue weighted by Crippen LogP contribution is 2.18. The van der Waals surface area contributed by atoms with E-state index in [2.05, 4.69) is 9.97 Å². The molecule has 0 aliphatic carbocycles. The SMILES string of the molecule is CCc1[nH]c(=S)[nH]c(=O)c1Cc1ccccc1Cl. The molecule has 0 aliphatic rings. The van der Waals surface area contributed by atoms with Gasteiger partial charge in [0.15, 0.2) is 4.77 Å². The molecule has 0 atom stereocenters. The Balaban J connectivity index is 2.50. The van der Waals surface area contributed by atoms with Crippen molar-refractivity contribution in [1.82, 2.24) is 9.97 Å². The molecule has 2 aromatic rings. The third-order valence-corrected chi connectivity index (χ3v) is 3.38. The van der Waals surface area contributed by atoms with Gasteiger partial charge in [-0.1, -0.05) is 36.7 Å². The van der Waals surface area contributed by atoms with E-state index in [1.54, 1.807) is 0 Å². The van der Waals surface area contributed by atoms with Crippen molar-refractivity contribution in [1.29, 1.82) is 0 Å². The van der Waals surface area contributed by atoms with E-state index in [1.165, 1.54) is 0 Å². The molecule has 5 heteroatoms. The van der Waals surface area contributed by atoms with Crippen molar-refractivity contribution < 1.29 is 0 Å². The zero-order valence-electron chi connectivity index (χ0n) is 9.92. The molecule has 0 fully saturated rings. The van der Waals surface area contributed by atoms with Crippen LogP contribution in [0.5, 0.6) is 0 Å². The first-order valence-electron chi connectivity index (χ1n) is 5.69. The molecule has 0 spiro atoms. The fraction of sp³-hybridized carbons (Fsp3) is 0.231. The van der Waals surface area contributed by atoms with Crippen molar-refractivity contribution in [3.05, 3.63) is 61.2 Å². The lowest BCUT2D eigenvalue weighted by Gasteiger charge is -2.08. The highest BCUT2D eigenvalue weighted by atomic mass is 35.5. The van der Waals surface area contributed by atoms with Crippen LogP contribution < -0.4 is 5.56 Å². The minimum atomic E-state index is -0.143. The lowest BCUT2D eigenvalue weighted by Crippen LogP contribution is -2.18. The Morgan fingerprint density at radius 3 is 2.67 bits per heavy atom. The number of hydrogen-bond donors (Lipinski definition) is 2. The van der Waals surface area contributed by atoms with Crippen molar-refractivity contribution >= 4 is 23.8 Å². The van der Waals surface area contributed by atoms with Gasteiger partial charge in [-0.05, 0) is 30.3 Å². The Kier molecular flexibility index (Phi) is 3.99. The molecule has 2 rings (SSSR count). The maximum atomic E-state index is 12.0. The maximum absolute atomic E-state index is 12.0. The van der Waals surface area contributed by atoms with Gasteiger partial charge in [-0.15, -0.1) is 0 Å². The molecule has 0 saturated heterocycles. The van der Waals surface area contributed by atoms with Gasteiger partial charge in [0, 0.05) is 22.7 Å². The van der Waals surface area contributed by atoms with Crippen LogP contribution in [-0.2, 0) is 12.8 Å². The summed E-state index contributed by atoms with van der Waals surface area (Å²) in [5.41, 5.74) is 2.35. The Bertz CT molecular complexity index is 675. The summed E-state index contributed by atoms with van der Waals surface area (Å²) in [5.74, 6) is 0. The molecule has 1 aromatic heterocycles. The van der Waals surface area contributed by atoms with Crippen molar-refractivity contribution in [3.63, 3.8) is 0 Å². The van der Waals surface area contributed by atoms with Crippen LogP contribution in [-0.4, -0.2) is 9.97 Å². The lowest BCUT2D eigenvalue weighted by atomic mass is 10.0. The normalized spacial score (nSPS) is 10.6. The van der Waals surface area contributed by atoms with Gasteiger partial charge in [-0.3, -0.25) is 9.78 Å². The average Bonchev–Trinajstić information content (AvgIpc) is 2.34. The summed E-state index contributed by atoms with van der Waals surface area (Å²) < 4.78 is 0.361. The molecule has 3 nitrogen and oxygen atoms in total. The number of benzene rings is 1. The molecule has 1 aromatic carbocycles. The molecule has 0 saturated carbocycles. The van der Waals surface area contributed by atoms with Crippen LogP contribution >= 0.6 is 23.8 Å². The topological polar surface area (TPSA) is 48.6 Å². The number of nitrogens with one attached hydrogen (secondary N) is 2. The van der Waals surface area contributed by atoms with E-state index in [1.807, 2.05) is 31.2 Å². The first kappa shape index (κ1) is 13.1. The van der Waals surface area contributed by atoms with Crippen molar-refractivity contribution in [2.24, 2.45) is 0 Å². The quantitative estimate of drug-likeness (QED) is 0.848. The van der Waals surface area contributed by atoms with E-state index in [9.17, 15) is 4.79 Å². The first-order valence-corrected chi connectivity index (χ1v) is 6.48. The molecule has 2 N–H and O–H groups in total. The van der Waals surface area contributed by atoms with E-state index in [0.717, 1.165) is 17.7 Å². The van der Waals surface area contributed by atoms with Gasteiger partial charge >= 0.3 is 0 Å². The Labute approximate surface area is 115 Å². The fourth-order valence-corrected chi connectivity index (χ4v) is 2.30. The van der Waals surface area contributed by atoms with Crippen LogP contribution in [0.15, 0.2) is 29.1 Å². The van der Waals surface area contributed by atoms with Crippen LogP contribution in [0.4, 0.5) is 0 Å². The van der Waals surface area contributed by atoms with Gasteiger partial charge in [-0.25, -0.2) is 0 Å². The van der Waals surface area contributed by atoms with Crippen molar-refractivity contribution in [3.8, 4) is 0 Å². The number of halogens is 1. The first-order chi connectivity index (χ1) is 8.61. The maximum Gasteiger partial charge on any atom is 0.255 e.